The number of nitrogens with two attached hydrogens (primary N) is 1. The largest absolute Gasteiger partial charge is 0.395 e. The molecule has 1 aliphatic heterocycles. The van der Waals surface area contributed by atoms with Crippen LogP contribution in [0.3, 0.4) is 0 Å². The molecule has 0 spiro atoms. The van der Waals surface area contributed by atoms with Gasteiger partial charge in [-0.3, -0.25) is 0 Å². The van der Waals surface area contributed by atoms with Crippen molar-refractivity contribution < 1.29 is 4.74 Å². The van der Waals surface area contributed by atoms with E-state index in [-0.39, 0.29) is 11.6 Å². The summed E-state index contributed by atoms with van der Waals surface area (Å²) in [6.45, 7) is 4.87. The Labute approximate surface area is 107 Å². The van der Waals surface area contributed by atoms with Gasteiger partial charge in [0.15, 0.2) is 5.82 Å². The van der Waals surface area contributed by atoms with Gasteiger partial charge in [0.05, 0.1) is 16.9 Å². The summed E-state index contributed by atoms with van der Waals surface area (Å²) in [4.78, 5) is 4.20. The van der Waals surface area contributed by atoms with E-state index in [1.54, 1.807) is 12.3 Å². The van der Waals surface area contributed by atoms with Crippen LogP contribution >= 0.6 is 0 Å². The molecule has 0 amide bonds. The Morgan fingerprint density at radius 3 is 3.06 bits per heavy atom. The first-order valence-corrected chi connectivity index (χ1v) is 6.07. The van der Waals surface area contributed by atoms with Crippen molar-refractivity contribution in [2.75, 3.05) is 17.7 Å². The third kappa shape index (κ3) is 2.71. The van der Waals surface area contributed by atoms with Crippen LogP contribution in [0.4, 0.5) is 11.5 Å². The van der Waals surface area contributed by atoms with E-state index < -0.39 is 0 Å². The highest BCUT2D eigenvalue weighted by molar-refractivity contribution is 5.69. The van der Waals surface area contributed by atoms with Crippen molar-refractivity contribution in [2.45, 2.75) is 38.3 Å². The van der Waals surface area contributed by atoms with Crippen LogP contribution in [0, 0.1) is 11.3 Å². The molecule has 0 saturated carbocycles. The van der Waals surface area contributed by atoms with E-state index in [9.17, 15) is 0 Å². The quantitative estimate of drug-likeness (QED) is 0.832. The normalized spacial score (nSPS) is 22.2. The fourth-order valence-electron chi connectivity index (χ4n) is 2.23. The lowest BCUT2D eigenvalue weighted by Gasteiger charge is -2.36. The molecule has 1 saturated heterocycles. The predicted molar refractivity (Wildman–Crippen MR) is 70.0 cm³/mol. The van der Waals surface area contributed by atoms with Gasteiger partial charge in [-0.1, -0.05) is 0 Å². The van der Waals surface area contributed by atoms with Crippen LogP contribution in [0.25, 0.3) is 0 Å². The average molecular weight is 246 g/mol. The molecule has 1 fully saturated rings. The molecule has 2 rings (SSSR count). The van der Waals surface area contributed by atoms with E-state index in [1.807, 2.05) is 0 Å². The van der Waals surface area contributed by atoms with Crippen molar-refractivity contribution in [3.63, 3.8) is 0 Å². The maximum Gasteiger partial charge on any atom is 0.150 e. The summed E-state index contributed by atoms with van der Waals surface area (Å²) in [7, 11) is 0. The van der Waals surface area contributed by atoms with Gasteiger partial charge in [0, 0.05) is 18.8 Å². The molecule has 1 aromatic heterocycles. The molecule has 0 aromatic carbocycles. The molecular weight excluding hydrogens is 228 g/mol. The maximum atomic E-state index is 8.93. The lowest BCUT2D eigenvalue weighted by Crippen LogP contribution is -2.40. The molecule has 18 heavy (non-hydrogen) atoms. The zero-order valence-corrected chi connectivity index (χ0v) is 10.7. The van der Waals surface area contributed by atoms with Crippen LogP contribution in [0.5, 0.6) is 0 Å². The second-order valence-electron chi connectivity index (χ2n) is 5.17. The van der Waals surface area contributed by atoms with Gasteiger partial charge in [0.1, 0.15) is 6.07 Å². The summed E-state index contributed by atoms with van der Waals surface area (Å²) >= 11 is 0. The van der Waals surface area contributed by atoms with Crippen LogP contribution < -0.4 is 11.1 Å². The first-order valence-electron chi connectivity index (χ1n) is 6.07. The van der Waals surface area contributed by atoms with Gasteiger partial charge in [-0.25, -0.2) is 4.98 Å². The summed E-state index contributed by atoms with van der Waals surface area (Å²) in [5.41, 5.74) is 6.65. The molecular formula is C13H18N4O. The Kier molecular flexibility index (Phi) is 3.39. The molecule has 5 nitrogen and oxygen atoms in total. The van der Waals surface area contributed by atoms with Crippen molar-refractivity contribution in [3.8, 4) is 6.07 Å². The summed E-state index contributed by atoms with van der Waals surface area (Å²) in [5, 5.41) is 12.2. The van der Waals surface area contributed by atoms with E-state index in [0.717, 1.165) is 19.4 Å². The lowest BCUT2D eigenvalue weighted by atomic mass is 9.94. The SMILES string of the molecule is CC1(C)CC(Nc2nccc(C#N)c2N)CCO1. The highest BCUT2D eigenvalue weighted by Crippen LogP contribution is 2.28. The van der Waals surface area contributed by atoms with Gasteiger partial charge in [0.2, 0.25) is 0 Å². The smallest absolute Gasteiger partial charge is 0.150 e. The van der Waals surface area contributed by atoms with E-state index in [0.29, 0.717) is 17.1 Å². The molecule has 0 bridgehead atoms. The summed E-state index contributed by atoms with van der Waals surface area (Å²) in [6.07, 6.45) is 3.41. The molecule has 1 atom stereocenters. The third-order valence-electron chi connectivity index (χ3n) is 3.15. The highest BCUT2D eigenvalue weighted by Gasteiger charge is 2.29. The molecule has 1 unspecified atom stereocenters. The molecule has 1 aromatic rings. The van der Waals surface area contributed by atoms with Gasteiger partial charge < -0.3 is 15.8 Å². The Morgan fingerprint density at radius 1 is 1.61 bits per heavy atom. The Bertz CT molecular complexity index is 478. The van der Waals surface area contributed by atoms with Crippen LogP contribution in [-0.2, 0) is 4.74 Å². The van der Waals surface area contributed by atoms with Gasteiger partial charge >= 0.3 is 0 Å². The number of nitrogens with one attached hydrogen (secondary N) is 1. The van der Waals surface area contributed by atoms with Crippen LogP contribution in [0.1, 0.15) is 32.3 Å². The number of nitriles is 1. The second-order valence-corrected chi connectivity index (χ2v) is 5.17. The van der Waals surface area contributed by atoms with Crippen molar-refractivity contribution in [3.05, 3.63) is 17.8 Å². The monoisotopic (exact) mass is 246 g/mol. The number of hydrogen-bond acceptors (Lipinski definition) is 5. The summed E-state index contributed by atoms with van der Waals surface area (Å²) in [6, 6.07) is 3.95. The van der Waals surface area contributed by atoms with E-state index >= 15 is 0 Å². The van der Waals surface area contributed by atoms with Crippen LogP contribution in [0.2, 0.25) is 0 Å². The molecule has 0 aliphatic carbocycles. The number of pyridine rings is 1. The third-order valence-corrected chi connectivity index (χ3v) is 3.15. The molecule has 5 heteroatoms. The summed E-state index contributed by atoms with van der Waals surface area (Å²) in [5.74, 6) is 0.594. The maximum absolute atomic E-state index is 8.93. The average Bonchev–Trinajstić information content (AvgIpc) is 2.31. The minimum absolute atomic E-state index is 0.127. The summed E-state index contributed by atoms with van der Waals surface area (Å²) < 4.78 is 5.66. The van der Waals surface area contributed by atoms with E-state index in [4.69, 9.17) is 15.7 Å². The van der Waals surface area contributed by atoms with E-state index in [2.05, 4.69) is 30.2 Å². The van der Waals surface area contributed by atoms with Crippen molar-refractivity contribution in [1.82, 2.24) is 4.98 Å². The zero-order valence-electron chi connectivity index (χ0n) is 10.7. The Morgan fingerprint density at radius 2 is 2.39 bits per heavy atom. The number of nitrogen functional groups attached to an aromatic ring is 1. The number of anilines is 2. The lowest BCUT2D eigenvalue weighted by molar-refractivity contribution is -0.0553. The predicted octanol–water partition coefficient (Wildman–Crippen LogP) is 1.90. The second kappa shape index (κ2) is 4.83. The van der Waals surface area contributed by atoms with Crippen molar-refractivity contribution in [1.29, 1.82) is 5.26 Å². The van der Waals surface area contributed by atoms with Crippen LogP contribution in [0.15, 0.2) is 12.3 Å². The van der Waals surface area contributed by atoms with Crippen molar-refractivity contribution in [2.24, 2.45) is 0 Å². The van der Waals surface area contributed by atoms with Gasteiger partial charge in [-0.05, 0) is 32.8 Å². The van der Waals surface area contributed by atoms with Crippen LogP contribution in [-0.4, -0.2) is 23.2 Å². The molecule has 3 N–H and O–H groups in total. The van der Waals surface area contributed by atoms with Crippen molar-refractivity contribution >= 4 is 11.5 Å². The first kappa shape index (κ1) is 12.7. The number of nitrogens with zero attached hydrogens (tertiary/aromatic N) is 2. The fraction of sp³-hybridized carbons (Fsp3) is 0.538. The highest BCUT2D eigenvalue weighted by atomic mass is 16.5. The van der Waals surface area contributed by atoms with Gasteiger partial charge in [0.25, 0.3) is 0 Å². The van der Waals surface area contributed by atoms with E-state index in [1.165, 1.54) is 0 Å². The number of aromatic nitrogens is 1. The van der Waals surface area contributed by atoms with Gasteiger partial charge in [-0.15, -0.1) is 0 Å². The minimum Gasteiger partial charge on any atom is -0.395 e. The molecule has 0 radical (unpaired) electrons. The molecule has 2 heterocycles. The van der Waals surface area contributed by atoms with Gasteiger partial charge in [-0.2, -0.15) is 5.26 Å². The fourth-order valence-corrected chi connectivity index (χ4v) is 2.23. The number of hydrogen-bond donors (Lipinski definition) is 2. The minimum atomic E-state index is -0.127. The first-order chi connectivity index (χ1) is 8.52. The standard InChI is InChI=1S/C13H18N4O/c1-13(2)7-10(4-6-18-13)17-12-11(15)9(8-14)3-5-16-12/h3,5,10H,4,6-7,15H2,1-2H3,(H,16,17). The number of rotatable bonds is 2. The molecule has 96 valence electrons. The molecule has 1 aliphatic rings. The Hall–Kier alpha value is -1.80. The number of ether oxygens (including phenoxy) is 1. The topological polar surface area (TPSA) is 84.0 Å². The Balaban J connectivity index is 2.13. The zero-order chi connectivity index (χ0) is 13.2.